The Kier molecular flexibility index (Phi) is 3.25. The molecule has 0 aliphatic carbocycles. The minimum atomic E-state index is -0.566. The Balaban J connectivity index is 2.19. The maximum atomic E-state index is 13.9. The van der Waals surface area contributed by atoms with Crippen LogP contribution in [0.15, 0.2) is 35.6 Å². The summed E-state index contributed by atoms with van der Waals surface area (Å²) in [6.45, 7) is 4.46. The minimum Gasteiger partial charge on any atom is -0.316 e. The van der Waals surface area contributed by atoms with Crippen LogP contribution in [0.5, 0.6) is 0 Å². The van der Waals surface area contributed by atoms with Gasteiger partial charge in [0.15, 0.2) is 5.82 Å². The first kappa shape index (κ1) is 13.4. The number of halogens is 1. The minimum absolute atomic E-state index is 0.00517. The Morgan fingerprint density at radius 2 is 2.14 bits per heavy atom. The molecule has 0 saturated heterocycles. The van der Waals surface area contributed by atoms with Gasteiger partial charge in [-0.15, -0.1) is 10.2 Å². The van der Waals surface area contributed by atoms with Crippen molar-refractivity contribution in [1.82, 2.24) is 24.3 Å². The van der Waals surface area contributed by atoms with Gasteiger partial charge < -0.3 is 4.57 Å². The van der Waals surface area contributed by atoms with E-state index in [0.29, 0.717) is 17.9 Å². The van der Waals surface area contributed by atoms with Gasteiger partial charge in [0.1, 0.15) is 17.5 Å². The molecule has 108 valence electrons. The number of hydrogen-bond donors (Lipinski definition) is 0. The molecule has 0 N–H and O–H groups in total. The molecule has 0 fully saturated rings. The molecule has 21 heavy (non-hydrogen) atoms. The number of benzene rings is 1. The van der Waals surface area contributed by atoms with Crippen molar-refractivity contribution in [2.45, 2.75) is 26.4 Å². The SMILES string of the molecule is CCn1cnnc1[C@@H](C)n1cnc2cccc(F)c2c1=O. The van der Waals surface area contributed by atoms with Crippen LogP contribution in [0.1, 0.15) is 25.7 Å². The molecule has 1 aromatic carbocycles. The summed E-state index contributed by atoms with van der Waals surface area (Å²) in [4.78, 5) is 16.7. The number of rotatable bonds is 3. The smallest absolute Gasteiger partial charge is 0.264 e. The average Bonchev–Trinajstić information content (AvgIpc) is 2.95. The lowest BCUT2D eigenvalue weighted by Crippen LogP contribution is -2.26. The van der Waals surface area contributed by atoms with Crippen LogP contribution in [-0.2, 0) is 6.54 Å². The first-order valence-corrected chi connectivity index (χ1v) is 6.66. The zero-order chi connectivity index (χ0) is 15.0. The van der Waals surface area contributed by atoms with Crippen molar-refractivity contribution in [3.05, 3.63) is 52.8 Å². The lowest BCUT2D eigenvalue weighted by atomic mass is 10.2. The van der Waals surface area contributed by atoms with Gasteiger partial charge in [-0.25, -0.2) is 9.37 Å². The highest BCUT2D eigenvalue weighted by Crippen LogP contribution is 2.16. The van der Waals surface area contributed by atoms with E-state index < -0.39 is 11.4 Å². The number of fused-ring (bicyclic) bond motifs is 1. The van der Waals surface area contributed by atoms with Crippen LogP contribution in [0.4, 0.5) is 4.39 Å². The van der Waals surface area contributed by atoms with Crippen LogP contribution in [0, 0.1) is 5.82 Å². The van der Waals surface area contributed by atoms with Crippen LogP contribution in [0.3, 0.4) is 0 Å². The Labute approximate surface area is 119 Å². The average molecular weight is 287 g/mol. The summed E-state index contributed by atoms with van der Waals surface area (Å²) < 4.78 is 17.1. The van der Waals surface area contributed by atoms with Crippen molar-refractivity contribution < 1.29 is 4.39 Å². The van der Waals surface area contributed by atoms with Crippen molar-refractivity contribution in [2.24, 2.45) is 0 Å². The van der Waals surface area contributed by atoms with Crippen LogP contribution in [0.2, 0.25) is 0 Å². The molecule has 7 heteroatoms. The fourth-order valence-electron chi connectivity index (χ4n) is 2.37. The summed E-state index contributed by atoms with van der Waals surface area (Å²) in [5.41, 5.74) is -0.0725. The molecule has 0 aliphatic heterocycles. The van der Waals surface area contributed by atoms with E-state index in [0.717, 1.165) is 0 Å². The van der Waals surface area contributed by atoms with Crippen molar-refractivity contribution in [1.29, 1.82) is 0 Å². The molecule has 0 spiro atoms. The fraction of sp³-hybridized carbons (Fsp3) is 0.286. The molecule has 3 aromatic rings. The summed E-state index contributed by atoms with van der Waals surface area (Å²) in [6.07, 6.45) is 3.02. The third kappa shape index (κ3) is 2.10. The number of nitrogens with zero attached hydrogens (tertiary/aromatic N) is 5. The van der Waals surface area contributed by atoms with Gasteiger partial charge >= 0.3 is 0 Å². The number of aromatic nitrogens is 5. The molecule has 0 saturated carbocycles. The van der Waals surface area contributed by atoms with E-state index in [2.05, 4.69) is 15.2 Å². The predicted octanol–water partition coefficient (Wildman–Crippen LogP) is 1.76. The monoisotopic (exact) mass is 287 g/mol. The van der Waals surface area contributed by atoms with Crippen LogP contribution >= 0.6 is 0 Å². The van der Waals surface area contributed by atoms with Gasteiger partial charge in [-0.05, 0) is 26.0 Å². The van der Waals surface area contributed by atoms with Gasteiger partial charge in [0, 0.05) is 6.54 Å². The lowest BCUT2D eigenvalue weighted by molar-refractivity contribution is 0.535. The fourth-order valence-corrected chi connectivity index (χ4v) is 2.37. The predicted molar refractivity (Wildman–Crippen MR) is 75.5 cm³/mol. The van der Waals surface area contributed by atoms with Crippen molar-refractivity contribution in [2.75, 3.05) is 0 Å². The maximum Gasteiger partial charge on any atom is 0.264 e. The van der Waals surface area contributed by atoms with E-state index in [1.165, 1.54) is 23.0 Å². The third-order valence-corrected chi connectivity index (χ3v) is 3.54. The Bertz CT molecular complexity index is 854. The zero-order valence-electron chi connectivity index (χ0n) is 11.7. The summed E-state index contributed by atoms with van der Waals surface area (Å²) in [6, 6.07) is 4.03. The molecule has 0 unspecified atom stereocenters. The van der Waals surface area contributed by atoms with Crippen molar-refractivity contribution >= 4 is 10.9 Å². The zero-order valence-corrected chi connectivity index (χ0v) is 11.7. The van der Waals surface area contributed by atoms with Gasteiger partial charge in [0.2, 0.25) is 0 Å². The molecule has 1 atom stereocenters. The molecule has 3 rings (SSSR count). The second kappa shape index (κ2) is 5.08. The van der Waals surface area contributed by atoms with E-state index in [9.17, 15) is 9.18 Å². The molecule has 0 radical (unpaired) electrons. The molecule has 0 aliphatic rings. The normalized spacial score (nSPS) is 12.7. The summed E-state index contributed by atoms with van der Waals surface area (Å²) in [5, 5.41) is 7.89. The highest BCUT2D eigenvalue weighted by molar-refractivity contribution is 5.77. The lowest BCUT2D eigenvalue weighted by Gasteiger charge is -2.15. The quantitative estimate of drug-likeness (QED) is 0.736. The largest absolute Gasteiger partial charge is 0.316 e. The van der Waals surface area contributed by atoms with Crippen LogP contribution < -0.4 is 5.56 Å². The number of hydrogen-bond acceptors (Lipinski definition) is 4. The highest BCUT2D eigenvalue weighted by atomic mass is 19.1. The van der Waals surface area contributed by atoms with E-state index in [4.69, 9.17) is 0 Å². The molecule has 2 heterocycles. The van der Waals surface area contributed by atoms with Gasteiger partial charge in [0.25, 0.3) is 5.56 Å². The maximum absolute atomic E-state index is 13.9. The number of aryl methyl sites for hydroxylation is 1. The third-order valence-electron chi connectivity index (χ3n) is 3.54. The summed E-state index contributed by atoms with van der Waals surface area (Å²) in [5.74, 6) is 0.0700. The Hall–Kier alpha value is -2.57. The highest BCUT2D eigenvalue weighted by Gasteiger charge is 2.18. The topological polar surface area (TPSA) is 65.6 Å². The summed E-state index contributed by atoms with van der Waals surface area (Å²) in [7, 11) is 0. The van der Waals surface area contributed by atoms with Gasteiger partial charge in [-0.1, -0.05) is 6.07 Å². The standard InChI is InChI=1S/C14H14FN5O/c1-3-19-8-17-18-13(19)9(2)20-7-16-11-6-4-5-10(15)12(11)14(20)21/h4-9H,3H2,1-2H3/t9-/m1/s1. The molecular weight excluding hydrogens is 273 g/mol. The Morgan fingerprint density at radius 1 is 1.33 bits per heavy atom. The molecule has 0 amide bonds. The van der Waals surface area contributed by atoms with Crippen molar-refractivity contribution in [3.63, 3.8) is 0 Å². The molecule has 0 bridgehead atoms. The van der Waals surface area contributed by atoms with Crippen molar-refractivity contribution in [3.8, 4) is 0 Å². The van der Waals surface area contributed by atoms with Crippen LogP contribution in [-0.4, -0.2) is 24.3 Å². The first-order chi connectivity index (χ1) is 10.1. The second-order valence-electron chi connectivity index (χ2n) is 4.74. The van der Waals surface area contributed by atoms with Gasteiger partial charge in [-0.2, -0.15) is 0 Å². The van der Waals surface area contributed by atoms with Gasteiger partial charge in [0.05, 0.1) is 17.9 Å². The Morgan fingerprint density at radius 3 is 2.90 bits per heavy atom. The molecular formula is C14H14FN5O. The first-order valence-electron chi connectivity index (χ1n) is 6.66. The van der Waals surface area contributed by atoms with E-state index in [-0.39, 0.29) is 11.4 Å². The summed E-state index contributed by atoms with van der Waals surface area (Å²) >= 11 is 0. The second-order valence-corrected chi connectivity index (χ2v) is 4.74. The molecule has 2 aromatic heterocycles. The van der Waals surface area contributed by atoms with E-state index in [1.54, 1.807) is 12.4 Å². The van der Waals surface area contributed by atoms with E-state index >= 15 is 0 Å². The van der Waals surface area contributed by atoms with Gasteiger partial charge in [-0.3, -0.25) is 9.36 Å². The van der Waals surface area contributed by atoms with Crippen LogP contribution in [0.25, 0.3) is 10.9 Å². The molecule has 6 nitrogen and oxygen atoms in total. The van der Waals surface area contributed by atoms with E-state index in [1.807, 2.05) is 18.4 Å².